The van der Waals surface area contributed by atoms with Crippen LogP contribution in [0.3, 0.4) is 0 Å². The lowest BCUT2D eigenvalue weighted by atomic mass is 10.2. The second-order valence-corrected chi connectivity index (χ2v) is 3.27. The topological polar surface area (TPSA) is 77.8 Å². The molecule has 0 heterocycles. The van der Waals surface area contributed by atoms with Crippen molar-refractivity contribution in [2.24, 2.45) is 0 Å². The highest BCUT2D eigenvalue weighted by atomic mass is 16.4. The molecule has 0 bridgehead atoms. The number of rotatable bonds is 4. The Morgan fingerprint density at radius 3 is 2.59 bits per heavy atom. The van der Waals surface area contributed by atoms with Crippen molar-refractivity contribution in [2.75, 3.05) is 11.4 Å². The molecule has 0 aliphatic heterocycles. The minimum atomic E-state index is -1.18. The molecule has 0 unspecified atom stereocenters. The van der Waals surface area contributed by atoms with Crippen LogP contribution >= 0.6 is 0 Å². The van der Waals surface area contributed by atoms with Gasteiger partial charge in [-0.2, -0.15) is 0 Å². The van der Waals surface area contributed by atoms with Crippen LogP contribution in [0.15, 0.2) is 36.4 Å². The molecule has 0 saturated heterocycles. The van der Waals surface area contributed by atoms with Gasteiger partial charge in [-0.1, -0.05) is 6.07 Å². The molecular weight excluding hydrogens is 222 g/mol. The first kappa shape index (κ1) is 12.8. The van der Waals surface area contributed by atoms with Crippen molar-refractivity contribution in [3.8, 4) is 5.75 Å². The third kappa shape index (κ3) is 3.64. The van der Waals surface area contributed by atoms with E-state index < -0.39 is 11.9 Å². The predicted molar refractivity (Wildman–Crippen MR) is 62.9 cm³/mol. The number of carboxylic acids is 1. The van der Waals surface area contributed by atoms with Crippen LogP contribution < -0.4 is 4.90 Å². The van der Waals surface area contributed by atoms with Gasteiger partial charge in [0.25, 0.3) is 5.91 Å². The lowest BCUT2D eigenvalue weighted by Crippen LogP contribution is -2.28. The van der Waals surface area contributed by atoms with Gasteiger partial charge in [0.2, 0.25) is 0 Å². The van der Waals surface area contributed by atoms with Gasteiger partial charge in [0, 0.05) is 30.5 Å². The van der Waals surface area contributed by atoms with Crippen LogP contribution in [0.1, 0.15) is 6.92 Å². The van der Waals surface area contributed by atoms with Gasteiger partial charge in [-0.3, -0.25) is 4.79 Å². The maximum Gasteiger partial charge on any atom is 0.328 e. The fraction of sp³-hybridized carbons (Fsp3) is 0.167. The van der Waals surface area contributed by atoms with Gasteiger partial charge >= 0.3 is 5.97 Å². The minimum absolute atomic E-state index is 0.0518. The maximum absolute atomic E-state index is 11.7. The number of likely N-dealkylation sites (N-methyl/N-ethyl adjacent to an activating group) is 1. The summed E-state index contributed by atoms with van der Waals surface area (Å²) in [6, 6.07) is 6.21. The molecule has 90 valence electrons. The van der Waals surface area contributed by atoms with Gasteiger partial charge in [0.1, 0.15) is 5.75 Å². The molecule has 0 atom stereocenters. The zero-order valence-electron chi connectivity index (χ0n) is 9.33. The number of carbonyl (C=O) groups excluding carboxylic acids is 1. The number of benzene rings is 1. The van der Waals surface area contributed by atoms with E-state index in [-0.39, 0.29) is 5.75 Å². The highest BCUT2D eigenvalue weighted by Gasteiger charge is 2.11. The van der Waals surface area contributed by atoms with Gasteiger partial charge in [0.05, 0.1) is 0 Å². The Morgan fingerprint density at radius 2 is 2.06 bits per heavy atom. The average Bonchev–Trinajstić information content (AvgIpc) is 2.27. The number of hydrogen-bond donors (Lipinski definition) is 2. The van der Waals surface area contributed by atoms with Crippen LogP contribution in [0.2, 0.25) is 0 Å². The van der Waals surface area contributed by atoms with Crippen molar-refractivity contribution in [3.63, 3.8) is 0 Å². The summed E-state index contributed by atoms with van der Waals surface area (Å²) >= 11 is 0. The SMILES string of the molecule is CCN(C(=O)/C=C/C(=O)O)c1cccc(O)c1. The van der Waals surface area contributed by atoms with Gasteiger partial charge in [-0.05, 0) is 19.1 Å². The molecule has 5 heteroatoms. The maximum atomic E-state index is 11.7. The lowest BCUT2D eigenvalue weighted by Gasteiger charge is -2.19. The van der Waals surface area contributed by atoms with Gasteiger partial charge in [-0.25, -0.2) is 4.79 Å². The van der Waals surface area contributed by atoms with Crippen molar-refractivity contribution in [2.45, 2.75) is 6.92 Å². The van der Waals surface area contributed by atoms with Crippen LogP contribution in [0, 0.1) is 0 Å². The summed E-state index contributed by atoms with van der Waals surface area (Å²) in [4.78, 5) is 23.4. The second kappa shape index (κ2) is 5.69. The first-order valence-corrected chi connectivity index (χ1v) is 5.06. The van der Waals surface area contributed by atoms with Crippen molar-refractivity contribution in [1.29, 1.82) is 0 Å². The lowest BCUT2D eigenvalue weighted by molar-refractivity contribution is -0.131. The third-order valence-corrected chi connectivity index (χ3v) is 2.09. The Labute approximate surface area is 98.6 Å². The van der Waals surface area contributed by atoms with Gasteiger partial charge < -0.3 is 15.1 Å². The Bertz CT molecular complexity index is 454. The van der Waals surface area contributed by atoms with Crippen molar-refractivity contribution in [3.05, 3.63) is 36.4 Å². The van der Waals surface area contributed by atoms with Crippen LogP contribution in [0.25, 0.3) is 0 Å². The van der Waals surface area contributed by atoms with Gasteiger partial charge in [0.15, 0.2) is 0 Å². The third-order valence-electron chi connectivity index (χ3n) is 2.09. The Hall–Kier alpha value is -2.30. The molecule has 0 spiro atoms. The van der Waals surface area contributed by atoms with Crippen LogP contribution in [0.5, 0.6) is 5.75 Å². The van der Waals surface area contributed by atoms with E-state index in [1.54, 1.807) is 19.1 Å². The smallest absolute Gasteiger partial charge is 0.328 e. The zero-order chi connectivity index (χ0) is 12.8. The number of aliphatic carboxylic acids is 1. The van der Waals surface area contributed by atoms with Crippen LogP contribution in [-0.2, 0) is 9.59 Å². The fourth-order valence-electron chi connectivity index (χ4n) is 1.36. The van der Waals surface area contributed by atoms with E-state index in [1.165, 1.54) is 17.0 Å². The molecule has 5 nitrogen and oxygen atoms in total. The summed E-state index contributed by atoms with van der Waals surface area (Å²) in [5.41, 5.74) is 0.521. The summed E-state index contributed by atoms with van der Waals surface area (Å²) in [5, 5.41) is 17.7. The van der Waals surface area contributed by atoms with Crippen LogP contribution in [0.4, 0.5) is 5.69 Å². The predicted octanol–water partition coefficient (Wildman–Crippen LogP) is 1.39. The number of carboxylic acid groups (broad SMARTS) is 1. The molecule has 0 saturated carbocycles. The molecule has 1 rings (SSSR count). The number of nitrogens with zero attached hydrogens (tertiary/aromatic N) is 1. The number of phenolic OH excluding ortho intramolecular Hbond substituents is 1. The van der Waals surface area contributed by atoms with Gasteiger partial charge in [-0.15, -0.1) is 0 Å². The molecule has 2 N–H and O–H groups in total. The molecule has 17 heavy (non-hydrogen) atoms. The Balaban J connectivity index is 2.92. The molecule has 0 aliphatic rings. The molecule has 0 fully saturated rings. The zero-order valence-corrected chi connectivity index (χ0v) is 9.33. The molecule has 0 aromatic heterocycles. The van der Waals surface area contributed by atoms with E-state index in [2.05, 4.69) is 0 Å². The number of amides is 1. The van der Waals surface area contributed by atoms with E-state index in [1.807, 2.05) is 0 Å². The molecule has 0 radical (unpaired) electrons. The highest BCUT2D eigenvalue weighted by Crippen LogP contribution is 2.20. The van der Waals surface area contributed by atoms with E-state index >= 15 is 0 Å². The van der Waals surface area contributed by atoms with Crippen molar-refractivity contribution >= 4 is 17.6 Å². The average molecular weight is 235 g/mol. The minimum Gasteiger partial charge on any atom is -0.508 e. The number of phenols is 1. The number of carbonyl (C=O) groups is 2. The normalized spacial score (nSPS) is 10.4. The monoisotopic (exact) mass is 235 g/mol. The fourth-order valence-corrected chi connectivity index (χ4v) is 1.36. The van der Waals surface area contributed by atoms with Crippen molar-refractivity contribution in [1.82, 2.24) is 0 Å². The van der Waals surface area contributed by atoms with E-state index in [0.717, 1.165) is 12.2 Å². The first-order valence-electron chi connectivity index (χ1n) is 5.06. The number of anilines is 1. The molecular formula is C12H13NO4. The first-order chi connectivity index (χ1) is 8.04. The standard InChI is InChI=1S/C12H13NO4/c1-2-13(11(15)6-7-12(16)17)9-4-3-5-10(14)8-9/h3-8,14H,2H2,1H3,(H,16,17)/b7-6+. The summed E-state index contributed by atoms with van der Waals surface area (Å²) in [5.74, 6) is -1.57. The Kier molecular flexibility index (Phi) is 4.28. The number of hydrogen-bond acceptors (Lipinski definition) is 3. The van der Waals surface area contributed by atoms with E-state index in [0.29, 0.717) is 12.2 Å². The summed E-state index contributed by atoms with van der Waals surface area (Å²) in [6.07, 6.45) is 1.77. The molecule has 0 aliphatic carbocycles. The second-order valence-electron chi connectivity index (χ2n) is 3.27. The molecule has 1 aromatic carbocycles. The number of aromatic hydroxyl groups is 1. The van der Waals surface area contributed by atoms with Crippen molar-refractivity contribution < 1.29 is 19.8 Å². The molecule has 1 aromatic rings. The highest BCUT2D eigenvalue weighted by molar-refractivity contribution is 6.04. The van der Waals surface area contributed by atoms with Crippen LogP contribution in [-0.4, -0.2) is 28.6 Å². The van der Waals surface area contributed by atoms with E-state index in [4.69, 9.17) is 5.11 Å². The summed E-state index contributed by atoms with van der Waals surface area (Å²) in [6.45, 7) is 2.14. The summed E-state index contributed by atoms with van der Waals surface area (Å²) < 4.78 is 0. The summed E-state index contributed by atoms with van der Waals surface area (Å²) in [7, 11) is 0. The molecule has 1 amide bonds. The largest absolute Gasteiger partial charge is 0.508 e. The Morgan fingerprint density at radius 1 is 1.35 bits per heavy atom. The quantitative estimate of drug-likeness (QED) is 0.773. The van der Waals surface area contributed by atoms with E-state index in [9.17, 15) is 14.7 Å².